The summed E-state index contributed by atoms with van der Waals surface area (Å²) < 4.78 is 81.4. The number of nitrogens with zero attached hydrogens (tertiary/aromatic N) is 4. The van der Waals surface area contributed by atoms with Gasteiger partial charge in [-0.05, 0) is 44.9 Å². The highest BCUT2D eigenvalue weighted by Crippen LogP contribution is 2.39. The van der Waals surface area contributed by atoms with E-state index in [1.165, 1.54) is 10.6 Å². The zero-order valence-corrected chi connectivity index (χ0v) is 18.0. The number of aryl methyl sites for hydroxylation is 2. The monoisotopic (exact) mass is 471 g/mol. The van der Waals surface area contributed by atoms with Crippen LogP contribution in [0.4, 0.5) is 19.1 Å². The van der Waals surface area contributed by atoms with Gasteiger partial charge in [0, 0.05) is 18.0 Å². The number of aromatic nitrogens is 4. The van der Waals surface area contributed by atoms with E-state index in [0.717, 1.165) is 12.5 Å². The molecule has 172 valence electrons. The summed E-state index contributed by atoms with van der Waals surface area (Å²) in [4.78, 5) is 7.09. The molecule has 0 amide bonds. The lowest BCUT2D eigenvalue weighted by Crippen LogP contribution is -2.23. The van der Waals surface area contributed by atoms with Gasteiger partial charge in [0.15, 0.2) is 0 Å². The topological polar surface area (TPSA) is 108 Å². The molecule has 3 aromatic rings. The van der Waals surface area contributed by atoms with Crippen molar-refractivity contribution in [1.29, 1.82) is 0 Å². The van der Waals surface area contributed by atoms with Crippen LogP contribution in [0, 0.1) is 13.8 Å². The summed E-state index contributed by atoms with van der Waals surface area (Å²) in [7, 11) is -4.78. The summed E-state index contributed by atoms with van der Waals surface area (Å²) in [5.74, 6) is -0.732. The average Bonchev–Trinajstić information content (AvgIpc) is 3.34. The minimum atomic E-state index is -4.94. The molecular weight excluding hydrogens is 451 g/mol. The molecule has 1 unspecified atom stereocenters. The summed E-state index contributed by atoms with van der Waals surface area (Å²) in [6.45, 7) is 3.89. The third-order valence-corrected chi connectivity index (χ3v) is 6.26. The van der Waals surface area contributed by atoms with Gasteiger partial charge in [-0.3, -0.25) is 0 Å². The maximum absolute atomic E-state index is 13.7. The summed E-state index contributed by atoms with van der Waals surface area (Å²) in [5, 5.41) is 4.01. The van der Waals surface area contributed by atoms with Crippen molar-refractivity contribution >= 4 is 21.7 Å². The second-order valence-electron chi connectivity index (χ2n) is 7.37. The van der Waals surface area contributed by atoms with Crippen LogP contribution in [-0.2, 0) is 20.9 Å². The lowest BCUT2D eigenvalue weighted by Gasteiger charge is -2.18. The second kappa shape index (κ2) is 8.20. The molecule has 1 aliphatic heterocycles. The van der Waals surface area contributed by atoms with Crippen molar-refractivity contribution in [3.8, 4) is 5.75 Å². The van der Waals surface area contributed by atoms with Crippen LogP contribution in [0.3, 0.4) is 0 Å². The number of sulfonamides is 1. The van der Waals surface area contributed by atoms with E-state index < -0.39 is 38.4 Å². The molecule has 1 atom stereocenters. The van der Waals surface area contributed by atoms with Crippen LogP contribution in [0.15, 0.2) is 29.2 Å². The minimum Gasteiger partial charge on any atom is -0.489 e. The smallest absolute Gasteiger partial charge is 0.417 e. The lowest BCUT2D eigenvalue weighted by molar-refractivity contribution is -0.140. The first-order valence-electron chi connectivity index (χ1n) is 9.73. The molecule has 4 rings (SSSR count). The first-order valence-corrected chi connectivity index (χ1v) is 11.2. The van der Waals surface area contributed by atoms with Crippen LogP contribution < -0.4 is 9.46 Å². The van der Waals surface area contributed by atoms with Gasteiger partial charge in [-0.15, -0.1) is 5.10 Å². The summed E-state index contributed by atoms with van der Waals surface area (Å²) in [5.41, 5.74) is -0.102. The highest BCUT2D eigenvalue weighted by Gasteiger charge is 2.40. The first-order chi connectivity index (χ1) is 15.0. The van der Waals surface area contributed by atoms with Gasteiger partial charge in [0.05, 0.1) is 11.7 Å². The van der Waals surface area contributed by atoms with Gasteiger partial charge >= 0.3 is 6.18 Å². The van der Waals surface area contributed by atoms with Crippen LogP contribution in [0.25, 0.3) is 5.78 Å². The van der Waals surface area contributed by atoms with E-state index in [1.54, 1.807) is 19.9 Å². The molecule has 1 N–H and O–H groups in total. The van der Waals surface area contributed by atoms with E-state index in [-0.39, 0.29) is 18.5 Å². The fourth-order valence-electron chi connectivity index (χ4n) is 3.47. The fourth-order valence-corrected chi connectivity index (χ4v) is 4.76. The Morgan fingerprint density at radius 3 is 2.75 bits per heavy atom. The van der Waals surface area contributed by atoms with E-state index in [2.05, 4.69) is 15.1 Å². The molecule has 0 radical (unpaired) electrons. The van der Waals surface area contributed by atoms with Gasteiger partial charge in [-0.2, -0.15) is 22.7 Å². The third-order valence-electron chi connectivity index (χ3n) is 4.85. The van der Waals surface area contributed by atoms with E-state index >= 15 is 0 Å². The van der Waals surface area contributed by atoms with E-state index in [0.29, 0.717) is 30.5 Å². The number of rotatable bonds is 6. The molecule has 2 aromatic heterocycles. The predicted molar refractivity (Wildman–Crippen MR) is 107 cm³/mol. The average molecular weight is 471 g/mol. The van der Waals surface area contributed by atoms with Crippen LogP contribution in [0.1, 0.15) is 29.8 Å². The van der Waals surface area contributed by atoms with Crippen molar-refractivity contribution in [2.24, 2.45) is 0 Å². The standard InChI is InChI=1S/C19H20F3N5O4S/c1-11-9-12(2)27-18(23-11)24-17(25-27)26-32(28,29)16-14(19(20,21)22)6-3-7-15(16)31-10-13-5-4-8-30-13/h3,6-7,9,13H,4-5,8,10H2,1-2H3,(H,25,26). The lowest BCUT2D eigenvalue weighted by atomic mass is 10.2. The Labute approximate surface area is 181 Å². The van der Waals surface area contributed by atoms with Crippen LogP contribution in [0.5, 0.6) is 5.75 Å². The highest BCUT2D eigenvalue weighted by molar-refractivity contribution is 7.92. The SMILES string of the molecule is Cc1cc(C)n2nc(NS(=O)(=O)c3c(OCC4CCCO4)cccc3C(F)(F)F)nc2n1. The van der Waals surface area contributed by atoms with Crippen LogP contribution in [0.2, 0.25) is 0 Å². The number of ether oxygens (including phenoxy) is 2. The molecule has 0 bridgehead atoms. The molecule has 0 saturated carbocycles. The Bertz CT molecular complexity index is 1250. The number of anilines is 1. The number of nitrogens with one attached hydrogen (secondary N) is 1. The number of alkyl halides is 3. The molecule has 3 heterocycles. The molecule has 1 aromatic carbocycles. The Morgan fingerprint density at radius 2 is 2.06 bits per heavy atom. The third kappa shape index (κ3) is 4.48. The van der Waals surface area contributed by atoms with E-state index in [4.69, 9.17) is 9.47 Å². The molecule has 0 aliphatic carbocycles. The normalized spacial score (nSPS) is 17.1. The van der Waals surface area contributed by atoms with Crippen molar-refractivity contribution < 1.29 is 31.1 Å². The summed E-state index contributed by atoms with van der Waals surface area (Å²) >= 11 is 0. The van der Waals surface area contributed by atoms with E-state index in [9.17, 15) is 21.6 Å². The first kappa shape index (κ1) is 22.3. The van der Waals surface area contributed by atoms with Crippen LogP contribution >= 0.6 is 0 Å². The molecule has 13 heteroatoms. The molecule has 32 heavy (non-hydrogen) atoms. The Morgan fingerprint density at radius 1 is 1.28 bits per heavy atom. The number of hydrogen-bond acceptors (Lipinski definition) is 7. The Kier molecular flexibility index (Phi) is 5.71. The largest absolute Gasteiger partial charge is 0.489 e. The zero-order valence-electron chi connectivity index (χ0n) is 17.2. The van der Waals surface area contributed by atoms with Crippen LogP contribution in [-0.4, -0.2) is 47.3 Å². The van der Waals surface area contributed by atoms with Crippen molar-refractivity contribution in [2.75, 3.05) is 17.9 Å². The van der Waals surface area contributed by atoms with Gasteiger partial charge in [0.1, 0.15) is 17.3 Å². The number of fused-ring (bicyclic) bond motifs is 1. The molecule has 1 saturated heterocycles. The van der Waals surface area contributed by atoms with Gasteiger partial charge in [-0.1, -0.05) is 6.07 Å². The zero-order chi connectivity index (χ0) is 23.1. The maximum Gasteiger partial charge on any atom is 0.417 e. The van der Waals surface area contributed by atoms with Gasteiger partial charge in [0.25, 0.3) is 21.7 Å². The molecular formula is C19H20F3N5O4S. The van der Waals surface area contributed by atoms with Gasteiger partial charge < -0.3 is 9.47 Å². The molecule has 0 spiro atoms. The minimum absolute atomic E-state index is 0.0706. The second-order valence-corrected chi connectivity index (χ2v) is 8.99. The van der Waals surface area contributed by atoms with Crippen molar-refractivity contribution in [1.82, 2.24) is 19.6 Å². The molecule has 9 nitrogen and oxygen atoms in total. The number of hydrogen-bond donors (Lipinski definition) is 1. The van der Waals surface area contributed by atoms with E-state index in [1.807, 2.05) is 4.72 Å². The van der Waals surface area contributed by atoms with Crippen molar-refractivity contribution in [3.05, 3.63) is 41.2 Å². The number of benzene rings is 1. The molecule has 1 fully saturated rings. The number of halogens is 3. The summed E-state index contributed by atoms with van der Waals surface area (Å²) in [6.07, 6.45) is -3.77. The van der Waals surface area contributed by atoms with Gasteiger partial charge in [-0.25, -0.2) is 18.1 Å². The fraction of sp³-hybridized carbons (Fsp3) is 0.421. The molecule has 1 aliphatic rings. The van der Waals surface area contributed by atoms with Gasteiger partial charge in [0.2, 0.25) is 0 Å². The van der Waals surface area contributed by atoms with Crippen molar-refractivity contribution in [2.45, 2.75) is 43.9 Å². The predicted octanol–water partition coefficient (Wildman–Crippen LogP) is 3.12. The Balaban J connectivity index is 1.73. The van der Waals surface area contributed by atoms with Crippen molar-refractivity contribution in [3.63, 3.8) is 0 Å². The Hall–Kier alpha value is -2.93. The quantitative estimate of drug-likeness (QED) is 0.589. The highest BCUT2D eigenvalue weighted by atomic mass is 32.2. The summed E-state index contributed by atoms with van der Waals surface area (Å²) in [6, 6.07) is 4.65. The maximum atomic E-state index is 13.7.